The fourth-order valence-corrected chi connectivity index (χ4v) is 6.90. The second kappa shape index (κ2) is 12.3. The molecule has 3 fully saturated rings. The van der Waals surface area contributed by atoms with Crippen LogP contribution in [0.3, 0.4) is 0 Å². The van der Waals surface area contributed by atoms with Crippen LogP contribution in [0.25, 0.3) is 0 Å². The number of ether oxygens (including phenoxy) is 1. The number of unbranched alkanes of at least 4 members (excludes halogenated alkanes) is 2. The van der Waals surface area contributed by atoms with Crippen molar-refractivity contribution in [1.82, 2.24) is 0 Å². The zero-order valence-electron chi connectivity index (χ0n) is 23.7. The van der Waals surface area contributed by atoms with Gasteiger partial charge >= 0.3 is 29.8 Å². The Morgan fingerprint density at radius 2 is 1.19 bits per heavy atom. The van der Waals surface area contributed by atoms with E-state index in [1.165, 1.54) is 38.5 Å². The molecule has 0 radical (unpaired) electrons. The van der Waals surface area contributed by atoms with Crippen LogP contribution in [0.2, 0.25) is 0 Å². The van der Waals surface area contributed by atoms with E-state index in [-0.39, 0.29) is 17.7 Å². The number of nitrogens with zero attached hydrogens (tertiary/aromatic N) is 1. The summed E-state index contributed by atoms with van der Waals surface area (Å²) in [6.45, 7) is -2.05. The van der Waals surface area contributed by atoms with Crippen LogP contribution in [0.4, 0.5) is 49.6 Å². The van der Waals surface area contributed by atoms with E-state index in [2.05, 4.69) is 6.92 Å². The van der Waals surface area contributed by atoms with Gasteiger partial charge in [-0.2, -0.15) is 43.9 Å². The van der Waals surface area contributed by atoms with Gasteiger partial charge in [0.25, 0.3) is 0 Å². The molecule has 0 aromatic heterocycles. The first kappa shape index (κ1) is 33.0. The normalized spacial score (nSPS) is 30.9. The quantitative estimate of drug-likeness (QED) is 0.202. The van der Waals surface area contributed by atoms with Crippen LogP contribution >= 0.6 is 0 Å². The van der Waals surface area contributed by atoms with Crippen LogP contribution in [-0.2, 0) is 0 Å². The predicted molar refractivity (Wildman–Crippen MR) is 139 cm³/mol. The molecule has 0 atom stereocenters. The number of halogens is 10. The first-order chi connectivity index (χ1) is 19.5. The number of rotatable bonds is 9. The topological polar surface area (TPSA) is 12.5 Å². The van der Waals surface area contributed by atoms with Crippen molar-refractivity contribution >= 4 is 5.69 Å². The van der Waals surface area contributed by atoms with E-state index in [0.717, 1.165) is 43.0 Å². The zero-order valence-corrected chi connectivity index (χ0v) is 23.7. The molecule has 4 rings (SSSR count). The fraction of sp³-hybridized carbons (Fsp3) is 0.800. The van der Waals surface area contributed by atoms with Crippen molar-refractivity contribution in [2.45, 2.75) is 114 Å². The van der Waals surface area contributed by atoms with E-state index < -0.39 is 60.2 Å². The SMILES string of the molecule is CCCCCC1CCC(C2CCC(C(F)(F)Oc3ccc(N4CC(F)(F)C(F)(F)C(F)(F)C(F)(F)C4)cc3)CC2)CC1. The molecule has 42 heavy (non-hydrogen) atoms. The molecule has 0 spiro atoms. The molecule has 240 valence electrons. The van der Waals surface area contributed by atoms with E-state index in [9.17, 15) is 35.1 Å². The smallest absolute Gasteiger partial charge is 0.400 e. The molecule has 1 saturated heterocycles. The maximum absolute atomic E-state index is 15.0. The van der Waals surface area contributed by atoms with Crippen molar-refractivity contribution < 1.29 is 48.6 Å². The van der Waals surface area contributed by atoms with Crippen LogP contribution in [0.15, 0.2) is 24.3 Å². The lowest BCUT2D eigenvalue weighted by Crippen LogP contribution is -2.61. The number of alkyl halides is 10. The second-order valence-electron chi connectivity index (χ2n) is 12.5. The maximum Gasteiger partial charge on any atom is 0.400 e. The van der Waals surface area contributed by atoms with Crippen molar-refractivity contribution in [2.24, 2.45) is 23.7 Å². The monoisotopic (exact) mass is 619 g/mol. The van der Waals surface area contributed by atoms with Crippen LogP contribution < -0.4 is 9.64 Å². The highest BCUT2D eigenvalue weighted by atomic mass is 19.4. The highest BCUT2D eigenvalue weighted by Gasteiger charge is 2.82. The van der Waals surface area contributed by atoms with Crippen LogP contribution in [0, 0.1) is 23.7 Å². The van der Waals surface area contributed by atoms with Gasteiger partial charge < -0.3 is 9.64 Å². The molecule has 0 amide bonds. The van der Waals surface area contributed by atoms with Gasteiger partial charge in [0.2, 0.25) is 0 Å². The molecule has 0 unspecified atom stereocenters. The van der Waals surface area contributed by atoms with Crippen LogP contribution in [0.5, 0.6) is 5.75 Å². The highest BCUT2D eigenvalue weighted by Crippen LogP contribution is 2.55. The van der Waals surface area contributed by atoms with Gasteiger partial charge in [-0.15, -0.1) is 0 Å². The lowest BCUT2D eigenvalue weighted by atomic mass is 9.68. The molecule has 1 aromatic carbocycles. The Hall–Kier alpha value is -1.88. The van der Waals surface area contributed by atoms with E-state index in [0.29, 0.717) is 24.7 Å². The number of hydrogen-bond acceptors (Lipinski definition) is 2. The summed E-state index contributed by atoms with van der Waals surface area (Å²) in [7, 11) is 0. The van der Waals surface area contributed by atoms with Gasteiger partial charge in [-0.25, -0.2) is 0 Å². The van der Waals surface area contributed by atoms with Gasteiger partial charge in [-0.3, -0.25) is 0 Å². The fourth-order valence-electron chi connectivity index (χ4n) is 6.90. The number of hydrogen-bond donors (Lipinski definition) is 0. The Balaban J connectivity index is 1.32. The van der Waals surface area contributed by atoms with Gasteiger partial charge in [0, 0.05) is 5.69 Å². The molecule has 2 aliphatic carbocycles. The summed E-state index contributed by atoms with van der Waals surface area (Å²) in [5, 5.41) is 0. The minimum absolute atomic E-state index is 0.00328. The van der Waals surface area contributed by atoms with E-state index in [4.69, 9.17) is 4.74 Å². The lowest BCUT2D eigenvalue weighted by Gasteiger charge is -2.39. The third-order valence-corrected chi connectivity index (χ3v) is 9.57. The van der Waals surface area contributed by atoms with Gasteiger partial charge in [-0.05, 0) is 80.5 Å². The summed E-state index contributed by atoms with van der Waals surface area (Å²) in [5.74, 6) is -23.3. The third kappa shape index (κ3) is 6.61. The van der Waals surface area contributed by atoms with Crippen molar-refractivity contribution in [3.8, 4) is 5.75 Å². The Morgan fingerprint density at radius 3 is 1.67 bits per heavy atom. The lowest BCUT2D eigenvalue weighted by molar-refractivity contribution is -0.353. The van der Waals surface area contributed by atoms with Gasteiger partial charge in [0.15, 0.2) is 0 Å². The van der Waals surface area contributed by atoms with Gasteiger partial charge in [0.1, 0.15) is 5.75 Å². The summed E-state index contributed by atoms with van der Waals surface area (Å²) >= 11 is 0. The van der Waals surface area contributed by atoms with Gasteiger partial charge in [-0.1, -0.05) is 45.4 Å². The molecular formula is C30H39F10NO. The molecule has 0 N–H and O–H groups in total. The summed E-state index contributed by atoms with van der Waals surface area (Å²) in [6, 6.07) is 3.44. The van der Waals surface area contributed by atoms with Crippen molar-refractivity contribution in [3.63, 3.8) is 0 Å². The molecule has 12 heteroatoms. The average molecular weight is 620 g/mol. The summed E-state index contributed by atoms with van der Waals surface area (Å²) in [5.41, 5.74) is -0.542. The first-order valence-electron chi connectivity index (χ1n) is 14.9. The summed E-state index contributed by atoms with van der Waals surface area (Å²) in [6.07, 6.45) is 7.96. The largest absolute Gasteiger partial charge is 0.432 e. The molecular weight excluding hydrogens is 580 g/mol. The highest BCUT2D eigenvalue weighted by molar-refractivity contribution is 5.50. The van der Waals surface area contributed by atoms with Crippen molar-refractivity contribution in [1.29, 1.82) is 0 Å². The molecule has 2 saturated carbocycles. The maximum atomic E-state index is 15.0. The minimum Gasteiger partial charge on any atom is -0.432 e. The van der Waals surface area contributed by atoms with Crippen LogP contribution in [0.1, 0.15) is 84.0 Å². The Morgan fingerprint density at radius 1 is 0.714 bits per heavy atom. The number of anilines is 1. The van der Waals surface area contributed by atoms with E-state index in [1.54, 1.807) is 0 Å². The van der Waals surface area contributed by atoms with E-state index in [1.807, 2.05) is 0 Å². The second-order valence-corrected chi connectivity index (χ2v) is 12.5. The molecule has 1 aliphatic heterocycles. The summed E-state index contributed by atoms with van der Waals surface area (Å²) < 4.78 is 146. The zero-order chi connectivity index (χ0) is 31.0. The first-order valence-corrected chi connectivity index (χ1v) is 14.9. The molecule has 1 aromatic rings. The van der Waals surface area contributed by atoms with Crippen LogP contribution in [-0.4, -0.2) is 42.9 Å². The average Bonchev–Trinajstić information content (AvgIpc) is 2.96. The Bertz CT molecular complexity index is 987. The summed E-state index contributed by atoms with van der Waals surface area (Å²) in [4.78, 5) is -0.00328. The van der Waals surface area contributed by atoms with Crippen molar-refractivity contribution in [3.05, 3.63) is 24.3 Å². The minimum atomic E-state index is -6.31. The van der Waals surface area contributed by atoms with Crippen molar-refractivity contribution in [2.75, 3.05) is 18.0 Å². The molecule has 1 heterocycles. The van der Waals surface area contributed by atoms with E-state index >= 15 is 8.78 Å². The predicted octanol–water partition coefficient (Wildman–Crippen LogP) is 10.2. The van der Waals surface area contributed by atoms with Gasteiger partial charge in [0.05, 0.1) is 19.0 Å². The Kier molecular flexibility index (Phi) is 9.63. The molecule has 3 aliphatic rings. The molecule has 2 nitrogen and oxygen atoms in total. The third-order valence-electron chi connectivity index (χ3n) is 9.57. The molecule has 0 bridgehead atoms. The number of benzene rings is 1. The standard InChI is InChI=1S/C30H39F10NO/c1-2-3-4-5-20-6-8-21(9-7-20)22-10-12-23(13-11-22)28(35,36)42-25-16-14-24(15-17-25)41-18-26(31,32)29(37,38)30(39,40)27(33,34)19-41/h14-17,20-23H,2-13,18-19H2,1H3. The Labute approximate surface area is 240 Å².